The Bertz CT molecular complexity index is 569. The zero-order valence-electron chi connectivity index (χ0n) is 10.4. The number of hydrogen-bond acceptors (Lipinski definition) is 6. The summed E-state index contributed by atoms with van der Waals surface area (Å²) in [5.74, 6) is 5.38. The highest BCUT2D eigenvalue weighted by atomic mass is 16.1. The van der Waals surface area contributed by atoms with Gasteiger partial charge in [-0.25, -0.2) is 10.8 Å². The Kier molecular flexibility index (Phi) is 3.99. The number of hydrogen-bond donors (Lipinski definition) is 3. The van der Waals surface area contributed by atoms with E-state index in [1.165, 1.54) is 0 Å². The highest BCUT2D eigenvalue weighted by Crippen LogP contribution is 2.03. The molecule has 0 saturated carbocycles. The van der Waals surface area contributed by atoms with Gasteiger partial charge in [0, 0.05) is 6.20 Å². The first-order valence-corrected chi connectivity index (χ1v) is 5.68. The first kappa shape index (κ1) is 12.9. The number of nitrogens with one attached hydrogen (secondary N) is 2. The van der Waals surface area contributed by atoms with E-state index < -0.39 is 0 Å². The zero-order chi connectivity index (χ0) is 13.7. The molecule has 19 heavy (non-hydrogen) atoms. The van der Waals surface area contributed by atoms with Crippen molar-refractivity contribution in [3.63, 3.8) is 0 Å². The minimum Gasteiger partial charge on any atom is -0.345 e. The summed E-state index contributed by atoms with van der Waals surface area (Å²) >= 11 is 0. The van der Waals surface area contributed by atoms with Gasteiger partial charge in [-0.1, -0.05) is 6.07 Å². The smallest absolute Gasteiger partial charge is 0.270 e. The molecule has 0 atom stereocenters. The van der Waals surface area contributed by atoms with Crippen LogP contribution in [-0.2, 0) is 6.54 Å². The van der Waals surface area contributed by atoms with E-state index in [0.717, 1.165) is 5.69 Å². The molecular formula is C12H14N6O. The van der Waals surface area contributed by atoms with E-state index in [-0.39, 0.29) is 11.6 Å². The van der Waals surface area contributed by atoms with Gasteiger partial charge in [0.1, 0.15) is 11.5 Å². The van der Waals surface area contributed by atoms with Crippen molar-refractivity contribution < 1.29 is 4.79 Å². The molecule has 2 aromatic heterocycles. The molecule has 0 aromatic carbocycles. The van der Waals surface area contributed by atoms with Crippen LogP contribution in [-0.4, -0.2) is 20.9 Å². The van der Waals surface area contributed by atoms with Crippen LogP contribution in [0.3, 0.4) is 0 Å². The Morgan fingerprint density at radius 3 is 2.84 bits per heavy atom. The van der Waals surface area contributed by atoms with Gasteiger partial charge in [-0.3, -0.25) is 14.8 Å². The summed E-state index contributed by atoms with van der Waals surface area (Å²) in [6.07, 6.45) is 3.28. The Hall–Kier alpha value is -2.54. The fourth-order valence-corrected chi connectivity index (χ4v) is 1.41. The van der Waals surface area contributed by atoms with Crippen molar-refractivity contribution >= 4 is 11.7 Å². The van der Waals surface area contributed by atoms with Crippen molar-refractivity contribution in [1.82, 2.24) is 20.3 Å². The SMILES string of the molecule is Cc1cnc(CNC(=O)c2cccc(NN)n2)cn1. The van der Waals surface area contributed by atoms with Crippen molar-refractivity contribution in [1.29, 1.82) is 0 Å². The molecule has 0 aliphatic carbocycles. The molecule has 98 valence electrons. The number of nitrogens with two attached hydrogens (primary N) is 1. The van der Waals surface area contributed by atoms with Gasteiger partial charge in [-0.05, 0) is 19.1 Å². The summed E-state index contributed by atoms with van der Waals surface area (Å²) < 4.78 is 0. The summed E-state index contributed by atoms with van der Waals surface area (Å²) in [6, 6.07) is 4.97. The van der Waals surface area contributed by atoms with Gasteiger partial charge >= 0.3 is 0 Å². The summed E-state index contributed by atoms with van der Waals surface area (Å²) in [5.41, 5.74) is 4.20. The number of amides is 1. The van der Waals surface area contributed by atoms with Crippen LogP contribution < -0.4 is 16.6 Å². The molecule has 0 bridgehead atoms. The lowest BCUT2D eigenvalue weighted by molar-refractivity contribution is 0.0945. The van der Waals surface area contributed by atoms with Gasteiger partial charge in [0.2, 0.25) is 0 Å². The minimum atomic E-state index is -0.292. The van der Waals surface area contributed by atoms with E-state index in [0.29, 0.717) is 18.1 Å². The highest BCUT2D eigenvalue weighted by molar-refractivity contribution is 5.92. The number of carbonyl (C=O) groups is 1. The lowest BCUT2D eigenvalue weighted by Crippen LogP contribution is -2.25. The molecule has 1 amide bonds. The lowest BCUT2D eigenvalue weighted by Gasteiger charge is -2.05. The Morgan fingerprint density at radius 1 is 1.32 bits per heavy atom. The van der Waals surface area contributed by atoms with Gasteiger partial charge in [-0.15, -0.1) is 0 Å². The maximum absolute atomic E-state index is 11.9. The average Bonchev–Trinajstić information content (AvgIpc) is 2.46. The van der Waals surface area contributed by atoms with E-state index in [1.54, 1.807) is 30.6 Å². The van der Waals surface area contributed by atoms with E-state index >= 15 is 0 Å². The second-order valence-electron chi connectivity index (χ2n) is 3.88. The quantitative estimate of drug-likeness (QED) is 0.541. The third-order valence-corrected chi connectivity index (χ3v) is 2.39. The van der Waals surface area contributed by atoms with Crippen molar-refractivity contribution in [2.75, 3.05) is 5.43 Å². The first-order chi connectivity index (χ1) is 9.19. The number of pyridine rings is 1. The van der Waals surface area contributed by atoms with Gasteiger partial charge in [0.15, 0.2) is 0 Å². The van der Waals surface area contributed by atoms with Crippen LogP contribution in [0.1, 0.15) is 21.9 Å². The number of nitrogen functional groups attached to an aromatic ring is 1. The summed E-state index contributed by atoms with van der Waals surface area (Å²) in [7, 11) is 0. The molecule has 0 radical (unpaired) electrons. The Morgan fingerprint density at radius 2 is 2.16 bits per heavy atom. The zero-order valence-corrected chi connectivity index (χ0v) is 10.4. The molecule has 2 heterocycles. The topological polar surface area (TPSA) is 106 Å². The fraction of sp³-hybridized carbons (Fsp3) is 0.167. The third kappa shape index (κ3) is 3.46. The van der Waals surface area contributed by atoms with Crippen LogP contribution in [0.25, 0.3) is 0 Å². The van der Waals surface area contributed by atoms with Crippen molar-refractivity contribution in [3.05, 3.63) is 47.7 Å². The van der Waals surface area contributed by atoms with Crippen LogP contribution in [0.2, 0.25) is 0 Å². The summed E-state index contributed by atoms with van der Waals surface area (Å²) in [6.45, 7) is 2.15. The average molecular weight is 258 g/mol. The van der Waals surface area contributed by atoms with E-state index in [4.69, 9.17) is 5.84 Å². The van der Waals surface area contributed by atoms with Crippen LogP contribution in [0, 0.1) is 6.92 Å². The van der Waals surface area contributed by atoms with Crippen molar-refractivity contribution in [2.24, 2.45) is 5.84 Å². The summed E-state index contributed by atoms with van der Waals surface area (Å²) in [4.78, 5) is 24.1. The number of nitrogens with zero attached hydrogens (tertiary/aromatic N) is 3. The molecule has 7 nitrogen and oxygen atoms in total. The Balaban J connectivity index is 1.99. The molecule has 0 unspecified atom stereocenters. The van der Waals surface area contributed by atoms with Crippen LogP contribution in [0.5, 0.6) is 0 Å². The molecule has 0 aliphatic heterocycles. The van der Waals surface area contributed by atoms with Gasteiger partial charge in [0.05, 0.1) is 24.1 Å². The van der Waals surface area contributed by atoms with Crippen molar-refractivity contribution in [3.8, 4) is 0 Å². The highest BCUT2D eigenvalue weighted by Gasteiger charge is 2.07. The maximum atomic E-state index is 11.9. The number of aromatic nitrogens is 3. The van der Waals surface area contributed by atoms with Gasteiger partial charge in [0.25, 0.3) is 5.91 Å². The predicted molar refractivity (Wildman–Crippen MR) is 70.0 cm³/mol. The number of carbonyl (C=O) groups excluding carboxylic acids is 1. The van der Waals surface area contributed by atoms with E-state index in [1.807, 2.05) is 6.92 Å². The predicted octanol–water partition coefficient (Wildman–Crippen LogP) is 0.396. The first-order valence-electron chi connectivity index (χ1n) is 5.68. The number of anilines is 1. The number of aryl methyl sites for hydroxylation is 1. The van der Waals surface area contributed by atoms with Crippen LogP contribution >= 0.6 is 0 Å². The third-order valence-electron chi connectivity index (χ3n) is 2.39. The maximum Gasteiger partial charge on any atom is 0.270 e. The largest absolute Gasteiger partial charge is 0.345 e. The van der Waals surface area contributed by atoms with Gasteiger partial charge in [-0.2, -0.15) is 0 Å². The second kappa shape index (κ2) is 5.87. The van der Waals surface area contributed by atoms with Crippen molar-refractivity contribution in [2.45, 2.75) is 13.5 Å². The van der Waals surface area contributed by atoms with E-state index in [9.17, 15) is 4.79 Å². The normalized spacial score (nSPS) is 10.0. The molecule has 2 rings (SSSR count). The molecule has 0 fully saturated rings. The molecular weight excluding hydrogens is 244 g/mol. The van der Waals surface area contributed by atoms with Crippen LogP contribution in [0.15, 0.2) is 30.6 Å². The fourth-order valence-electron chi connectivity index (χ4n) is 1.41. The van der Waals surface area contributed by atoms with Gasteiger partial charge < -0.3 is 10.7 Å². The Labute approximate surface area is 110 Å². The van der Waals surface area contributed by atoms with E-state index in [2.05, 4.69) is 25.7 Å². The molecule has 0 saturated heterocycles. The monoisotopic (exact) mass is 258 g/mol. The minimum absolute atomic E-state index is 0.288. The number of rotatable bonds is 4. The molecule has 0 spiro atoms. The summed E-state index contributed by atoms with van der Waals surface area (Å²) in [5, 5.41) is 2.71. The standard InChI is InChI=1S/C12H14N6O/c1-8-5-15-9(6-14-8)7-16-12(19)10-3-2-4-11(17-10)18-13/h2-6H,7,13H2,1H3,(H,16,19)(H,17,18). The molecule has 0 aliphatic rings. The molecule has 4 N–H and O–H groups in total. The molecule has 2 aromatic rings. The van der Waals surface area contributed by atoms with Crippen LogP contribution in [0.4, 0.5) is 5.82 Å². The second-order valence-corrected chi connectivity index (χ2v) is 3.88. The molecule has 7 heteroatoms. The number of hydrazine groups is 1. The lowest BCUT2D eigenvalue weighted by atomic mass is 10.3.